The Morgan fingerprint density at radius 3 is 1.22 bits per heavy atom. The Morgan fingerprint density at radius 1 is 0.450 bits per heavy atom. The summed E-state index contributed by atoms with van der Waals surface area (Å²) >= 11 is 0. The molecule has 6 nitrogen and oxygen atoms in total. The average Bonchev–Trinajstić information content (AvgIpc) is 3.26. The Bertz CT molecular complexity index is 2010. The molecule has 0 heterocycles. The summed E-state index contributed by atoms with van der Waals surface area (Å²) < 4.78 is 51.7. The molecular weight excluding hydrogens is 759 g/mol. The summed E-state index contributed by atoms with van der Waals surface area (Å²) in [4.78, 5) is 25.9. The summed E-state index contributed by atoms with van der Waals surface area (Å²) in [6.45, 7) is 5.38. The molecule has 5 aromatic rings. The van der Waals surface area contributed by atoms with Crippen LogP contribution in [0.15, 0.2) is 109 Å². The van der Waals surface area contributed by atoms with Crippen molar-refractivity contribution in [3.05, 3.63) is 154 Å². The molecule has 8 heteroatoms. The van der Waals surface area contributed by atoms with Gasteiger partial charge in [0.25, 0.3) is 0 Å². The van der Waals surface area contributed by atoms with E-state index in [1.807, 2.05) is 24.3 Å². The fourth-order valence-electron chi connectivity index (χ4n) is 6.38. The molecule has 5 rings (SSSR count). The Morgan fingerprint density at radius 2 is 0.817 bits per heavy atom. The van der Waals surface area contributed by atoms with Crippen LogP contribution in [0.2, 0.25) is 0 Å². The van der Waals surface area contributed by atoms with Gasteiger partial charge in [0.15, 0.2) is 23.1 Å². The van der Waals surface area contributed by atoms with Crippen molar-refractivity contribution in [1.29, 1.82) is 0 Å². The predicted molar refractivity (Wildman–Crippen MR) is 238 cm³/mol. The third-order valence-corrected chi connectivity index (χ3v) is 9.88. The van der Waals surface area contributed by atoms with E-state index in [2.05, 4.69) is 13.8 Å². The molecule has 0 aliphatic heterocycles. The van der Waals surface area contributed by atoms with Crippen molar-refractivity contribution in [2.45, 2.75) is 90.9 Å². The van der Waals surface area contributed by atoms with Gasteiger partial charge in [0.05, 0.1) is 24.3 Å². The SMILES string of the molecule is CCCCCCCCOc1ccc(/C=C/c2ccc(C(=O)Oc3cccc(OC(=O)c4ccc(/C=C/c5ccc(OCCCCCCCC)c(F)c5)cc4)c3)cc2)cc1F. The van der Waals surface area contributed by atoms with Crippen LogP contribution in [0.1, 0.15) is 134 Å². The van der Waals surface area contributed by atoms with Crippen LogP contribution in [0.5, 0.6) is 23.0 Å². The molecule has 0 amide bonds. The van der Waals surface area contributed by atoms with Gasteiger partial charge in [-0.1, -0.05) is 145 Å². The van der Waals surface area contributed by atoms with E-state index in [9.17, 15) is 18.4 Å². The molecule has 60 heavy (non-hydrogen) atoms. The number of esters is 2. The maximum absolute atomic E-state index is 14.6. The first kappa shape index (κ1) is 45.1. The highest BCUT2D eigenvalue weighted by Gasteiger charge is 2.13. The Balaban J connectivity index is 1.06. The molecule has 0 radical (unpaired) electrons. The van der Waals surface area contributed by atoms with Crippen LogP contribution in [0.4, 0.5) is 8.78 Å². The molecule has 0 saturated heterocycles. The third-order valence-electron chi connectivity index (χ3n) is 9.88. The monoisotopic (exact) mass is 814 g/mol. The second kappa shape index (κ2) is 24.8. The zero-order chi connectivity index (χ0) is 42.4. The normalized spacial score (nSPS) is 11.3. The summed E-state index contributed by atoms with van der Waals surface area (Å²) in [5.41, 5.74) is 3.67. The van der Waals surface area contributed by atoms with Gasteiger partial charge in [-0.15, -0.1) is 0 Å². The summed E-state index contributed by atoms with van der Waals surface area (Å²) in [5, 5.41) is 0. The fraction of sp³-hybridized carbons (Fsp3) is 0.308. The van der Waals surface area contributed by atoms with E-state index in [-0.39, 0.29) is 23.0 Å². The van der Waals surface area contributed by atoms with Gasteiger partial charge in [-0.05, 0) is 95.8 Å². The summed E-state index contributed by atoms with van der Waals surface area (Å²) in [7, 11) is 0. The van der Waals surface area contributed by atoms with Crippen molar-refractivity contribution in [1.82, 2.24) is 0 Å². The number of hydrogen-bond donors (Lipinski definition) is 0. The number of rotatable bonds is 24. The van der Waals surface area contributed by atoms with Gasteiger partial charge in [0.1, 0.15) is 11.5 Å². The lowest BCUT2D eigenvalue weighted by Gasteiger charge is -2.08. The topological polar surface area (TPSA) is 71.1 Å². The summed E-state index contributed by atoms with van der Waals surface area (Å²) in [6.07, 6.45) is 21.0. The molecule has 0 aromatic heterocycles. The quantitative estimate of drug-likeness (QED) is 0.0267. The fourth-order valence-corrected chi connectivity index (χ4v) is 6.38. The summed E-state index contributed by atoms with van der Waals surface area (Å²) in [6, 6.07) is 29.8. The molecule has 0 atom stereocenters. The second-order valence-corrected chi connectivity index (χ2v) is 14.8. The van der Waals surface area contributed by atoms with Crippen LogP contribution < -0.4 is 18.9 Å². The highest BCUT2D eigenvalue weighted by Crippen LogP contribution is 2.24. The molecule has 0 saturated carbocycles. The number of carbonyl (C=O) groups is 2. The van der Waals surface area contributed by atoms with Gasteiger partial charge in [-0.3, -0.25) is 0 Å². The zero-order valence-electron chi connectivity index (χ0n) is 34.8. The predicted octanol–water partition coefficient (Wildman–Crippen LogP) is 14.2. The van der Waals surface area contributed by atoms with E-state index in [0.717, 1.165) is 36.8 Å². The highest BCUT2D eigenvalue weighted by atomic mass is 19.1. The second-order valence-electron chi connectivity index (χ2n) is 14.8. The van der Waals surface area contributed by atoms with Crippen LogP contribution in [0.25, 0.3) is 24.3 Å². The molecule has 0 bridgehead atoms. The molecular formula is C52H56F2O6. The molecule has 0 unspecified atom stereocenters. The number of halogens is 2. The van der Waals surface area contributed by atoms with Gasteiger partial charge in [0.2, 0.25) is 0 Å². The van der Waals surface area contributed by atoms with Crippen LogP contribution in [-0.2, 0) is 0 Å². The van der Waals surface area contributed by atoms with Crippen molar-refractivity contribution in [3.8, 4) is 23.0 Å². The molecule has 5 aromatic carbocycles. The van der Waals surface area contributed by atoms with Crippen LogP contribution in [0, 0.1) is 11.6 Å². The number of hydrogen-bond acceptors (Lipinski definition) is 6. The summed E-state index contributed by atoms with van der Waals surface area (Å²) in [5.74, 6) is -1.02. The number of carbonyl (C=O) groups excluding carboxylic acids is 2. The number of ether oxygens (including phenoxy) is 4. The zero-order valence-corrected chi connectivity index (χ0v) is 34.8. The van der Waals surface area contributed by atoms with Crippen LogP contribution in [-0.4, -0.2) is 25.2 Å². The van der Waals surface area contributed by atoms with Gasteiger partial charge in [-0.2, -0.15) is 0 Å². The Labute approximate surface area is 353 Å². The van der Waals surface area contributed by atoms with Crippen molar-refractivity contribution >= 4 is 36.2 Å². The van der Waals surface area contributed by atoms with E-state index < -0.39 is 23.6 Å². The molecule has 0 aliphatic carbocycles. The molecule has 0 aliphatic rings. The number of unbranched alkanes of at least 4 members (excludes halogenated alkanes) is 10. The van der Waals surface area contributed by atoms with Crippen LogP contribution >= 0.6 is 0 Å². The van der Waals surface area contributed by atoms with Crippen molar-refractivity contribution in [2.75, 3.05) is 13.2 Å². The first-order valence-electron chi connectivity index (χ1n) is 21.3. The van der Waals surface area contributed by atoms with E-state index in [1.165, 1.54) is 69.6 Å². The largest absolute Gasteiger partial charge is 0.491 e. The molecule has 0 spiro atoms. The smallest absolute Gasteiger partial charge is 0.343 e. The third kappa shape index (κ3) is 15.3. The van der Waals surface area contributed by atoms with Crippen molar-refractivity contribution < 1.29 is 37.3 Å². The average molecular weight is 815 g/mol. The van der Waals surface area contributed by atoms with E-state index in [1.54, 1.807) is 91.0 Å². The van der Waals surface area contributed by atoms with Crippen LogP contribution in [0.3, 0.4) is 0 Å². The Hall–Kier alpha value is -6.02. The molecule has 0 fully saturated rings. The maximum atomic E-state index is 14.6. The van der Waals surface area contributed by atoms with E-state index >= 15 is 0 Å². The maximum Gasteiger partial charge on any atom is 0.343 e. The minimum atomic E-state index is -0.577. The first-order valence-corrected chi connectivity index (χ1v) is 21.3. The van der Waals surface area contributed by atoms with Gasteiger partial charge in [-0.25, -0.2) is 18.4 Å². The lowest BCUT2D eigenvalue weighted by Crippen LogP contribution is -2.10. The van der Waals surface area contributed by atoms with Gasteiger partial charge in [0, 0.05) is 6.07 Å². The minimum Gasteiger partial charge on any atom is -0.491 e. The Kier molecular flexibility index (Phi) is 18.6. The molecule has 314 valence electrons. The van der Waals surface area contributed by atoms with Crippen molar-refractivity contribution in [3.63, 3.8) is 0 Å². The molecule has 0 N–H and O–H groups in total. The van der Waals surface area contributed by atoms with Crippen molar-refractivity contribution in [2.24, 2.45) is 0 Å². The standard InChI is InChI=1S/C52H56F2O6/c1-3-5-7-9-11-13-34-57-49-32-26-41(36-47(49)53)20-18-39-22-28-43(29-23-39)51(55)59-45-16-15-17-46(38-45)60-52(56)44-30-24-40(25-31-44)19-21-42-27-33-50(48(54)37-42)58-35-14-12-10-8-6-4-2/h15-33,36-38H,3-14,34-35H2,1-2H3/b20-18+,21-19+. The minimum absolute atomic E-state index is 0.213. The van der Waals surface area contributed by atoms with E-state index in [4.69, 9.17) is 18.9 Å². The first-order chi connectivity index (χ1) is 29.3. The van der Waals surface area contributed by atoms with E-state index in [0.29, 0.717) is 35.5 Å². The lowest BCUT2D eigenvalue weighted by molar-refractivity contribution is 0.0732. The van der Waals surface area contributed by atoms with Gasteiger partial charge < -0.3 is 18.9 Å². The van der Waals surface area contributed by atoms with Gasteiger partial charge >= 0.3 is 11.9 Å². The highest BCUT2D eigenvalue weighted by molar-refractivity contribution is 5.92. The number of benzene rings is 5. The lowest BCUT2D eigenvalue weighted by atomic mass is 10.1.